The van der Waals surface area contributed by atoms with E-state index in [0.717, 1.165) is 11.6 Å². The zero-order valence-electron chi connectivity index (χ0n) is 29.2. The summed E-state index contributed by atoms with van der Waals surface area (Å²) in [5.74, 6) is -2.91. The van der Waals surface area contributed by atoms with Crippen LogP contribution in [0.3, 0.4) is 0 Å². The van der Waals surface area contributed by atoms with E-state index in [9.17, 15) is 50.1 Å². The average molecular weight is 679 g/mol. The number of hydrogen-bond donors (Lipinski definition) is 7. The molecule has 1 aliphatic heterocycles. The second-order valence-electron chi connectivity index (χ2n) is 17.0. The minimum absolute atomic E-state index is 0.0345. The van der Waals surface area contributed by atoms with Gasteiger partial charge in [0.15, 0.2) is 17.9 Å². The number of rotatable bonds is 7. The maximum atomic E-state index is 14.7. The summed E-state index contributed by atoms with van der Waals surface area (Å²) in [5.41, 5.74) is -6.36. The fourth-order valence-electron chi connectivity index (χ4n) is 10.4. The van der Waals surface area contributed by atoms with Crippen molar-refractivity contribution >= 4 is 17.3 Å². The van der Waals surface area contributed by atoms with Crippen LogP contribution in [0.25, 0.3) is 0 Å². The van der Waals surface area contributed by atoms with E-state index in [2.05, 4.69) is 0 Å². The summed E-state index contributed by atoms with van der Waals surface area (Å²) < 4.78 is 11.6. The number of allylic oxidation sites excluding steroid dienone is 2. The van der Waals surface area contributed by atoms with Crippen molar-refractivity contribution in [3.05, 3.63) is 23.8 Å². The molecule has 7 N–H and O–H groups in total. The molecule has 4 fully saturated rings. The first-order valence-corrected chi connectivity index (χ1v) is 17.0. The first-order chi connectivity index (χ1) is 21.9. The number of aliphatic hydroxyl groups excluding tert-OH is 5. The summed E-state index contributed by atoms with van der Waals surface area (Å²) in [6, 6.07) is 0. The van der Waals surface area contributed by atoms with Gasteiger partial charge in [-0.25, -0.2) is 0 Å². The first-order valence-electron chi connectivity index (χ1n) is 17.0. The molecule has 3 saturated carbocycles. The highest BCUT2D eigenvalue weighted by Gasteiger charge is 2.74. The van der Waals surface area contributed by atoms with E-state index in [4.69, 9.17) is 9.47 Å². The number of carbonyl (C=O) groups is 3. The van der Waals surface area contributed by atoms with Crippen molar-refractivity contribution in [3.63, 3.8) is 0 Å². The Balaban J connectivity index is 1.51. The molecule has 12 heteroatoms. The molecule has 0 spiro atoms. The zero-order valence-corrected chi connectivity index (χ0v) is 29.2. The summed E-state index contributed by atoms with van der Waals surface area (Å²) in [4.78, 5) is 42.0. The third-order valence-electron chi connectivity index (χ3n) is 13.3. The van der Waals surface area contributed by atoms with Gasteiger partial charge in [0, 0.05) is 23.2 Å². The van der Waals surface area contributed by atoms with Gasteiger partial charge in [0.1, 0.15) is 41.9 Å². The quantitative estimate of drug-likeness (QED) is 0.147. The van der Waals surface area contributed by atoms with Crippen molar-refractivity contribution in [1.82, 2.24) is 0 Å². The molecule has 270 valence electrons. The first kappa shape index (κ1) is 37.4. The van der Waals surface area contributed by atoms with E-state index in [-0.39, 0.29) is 36.7 Å². The van der Waals surface area contributed by atoms with Crippen molar-refractivity contribution < 1.29 is 59.6 Å². The Kier molecular flexibility index (Phi) is 9.23. The maximum absolute atomic E-state index is 14.7. The van der Waals surface area contributed by atoms with Crippen LogP contribution in [0.1, 0.15) is 81.1 Å². The minimum Gasteiger partial charge on any atom is -0.394 e. The van der Waals surface area contributed by atoms with E-state index >= 15 is 0 Å². The van der Waals surface area contributed by atoms with Gasteiger partial charge in [-0.2, -0.15) is 0 Å². The second kappa shape index (κ2) is 11.8. The van der Waals surface area contributed by atoms with Crippen LogP contribution in [0.2, 0.25) is 0 Å². The molecule has 0 unspecified atom stereocenters. The van der Waals surface area contributed by atoms with Crippen LogP contribution in [-0.4, -0.2) is 114 Å². The lowest BCUT2D eigenvalue weighted by Crippen LogP contribution is -2.66. The summed E-state index contributed by atoms with van der Waals surface area (Å²) in [6.45, 7) is 13.0. The number of Topliss-reactive ketones (excluding diaryl/α,β-unsaturated/α-hetero) is 2. The van der Waals surface area contributed by atoms with Crippen molar-refractivity contribution in [2.75, 3.05) is 6.61 Å². The molecule has 1 heterocycles. The number of fused-ring (bicyclic) bond motifs is 5. The van der Waals surface area contributed by atoms with Gasteiger partial charge >= 0.3 is 0 Å². The third kappa shape index (κ3) is 5.33. The van der Waals surface area contributed by atoms with Gasteiger partial charge in [-0.15, -0.1) is 0 Å². The summed E-state index contributed by atoms with van der Waals surface area (Å²) in [6.07, 6.45) is -4.87. The molecule has 5 aliphatic rings. The Labute approximate surface area is 281 Å². The van der Waals surface area contributed by atoms with Crippen LogP contribution in [0, 0.1) is 39.4 Å². The molecule has 0 radical (unpaired) electrons. The number of aliphatic hydroxyl groups is 7. The van der Waals surface area contributed by atoms with Gasteiger partial charge < -0.3 is 45.2 Å². The second-order valence-corrected chi connectivity index (χ2v) is 17.0. The third-order valence-corrected chi connectivity index (χ3v) is 13.3. The molecule has 12 nitrogen and oxygen atoms in total. The van der Waals surface area contributed by atoms with Gasteiger partial charge in [0.25, 0.3) is 0 Å². The molecular formula is C36H54O12. The Morgan fingerprint density at radius 3 is 2.21 bits per heavy atom. The van der Waals surface area contributed by atoms with E-state index in [1.165, 1.54) is 26.8 Å². The van der Waals surface area contributed by atoms with Gasteiger partial charge in [-0.05, 0) is 82.6 Å². The normalized spacial score (nSPS) is 47.2. The molecule has 48 heavy (non-hydrogen) atoms. The van der Waals surface area contributed by atoms with Crippen molar-refractivity contribution in [1.29, 1.82) is 0 Å². The lowest BCUT2D eigenvalue weighted by atomic mass is 9.38. The molecule has 14 atom stereocenters. The van der Waals surface area contributed by atoms with Crippen molar-refractivity contribution in [2.45, 2.75) is 135 Å². The molecule has 0 bridgehead atoms. The summed E-state index contributed by atoms with van der Waals surface area (Å²) in [7, 11) is 0. The Hall–Kier alpha value is -1.87. The fourth-order valence-corrected chi connectivity index (χ4v) is 10.4. The Morgan fingerprint density at radius 1 is 1.00 bits per heavy atom. The average Bonchev–Trinajstić information content (AvgIpc) is 3.19. The van der Waals surface area contributed by atoms with E-state index < -0.39 is 100 Å². The number of ketones is 3. The van der Waals surface area contributed by atoms with Crippen LogP contribution in [-0.2, 0) is 23.9 Å². The van der Waals surface area contributed by atoms with Crippen LogP contribution in [0.5, 0.6) is 0 Å². The highest BCUT2D eigenvalue weighted by molar-refractivity contribution is 5.98. The predicted octanol–water partition coefficient (Wildman–Crippen LogP) is 0.753. The maximum Gasteiger partial charge on any atom is 0.187 e. The highest BCUT2D eigenvalue weighted by atomic mass is 16.7. The molecule has 0 aromatic carbocycles. The van der Waals surface area contributed by atoms with Crippen molar-refractivity contribution in [3.8, 4) is 0 Å². The molecular weight excluding hydrogens is 624 g/mol. The van der Waals surface area contributed by atoms with Crippen LogP contribution < -0.4 is 0 Å². The summed E-state index contributed by atoms with van der Waals surface area (Å²) >= 11 is 0. The van der Waals surface area contributed by atoms with Gasteiger partial charge in [0.2, 0.25) is 0 Å². The van der Waals surface area contributed by atoms with Crippen LogP contribution in [0.4, 0.5) is 0 Å². The summed E-state index contributed by atoms with van der Waals surface area (Å²) in [5, 5.41) is 74.5. The van der Waals surface area contributed by atoms with E-state index in [1.807, 2.05) is 26.8 Å². The SMILES string of the molecule is CC(C)(O)/C=C/C(=O)[C@](C)(O)[C@H]1[C@H](O)C[C@@]2(C)[C@@H]3CC=C4[C@@H](C[C@H](O[C@@H]5O[C@H](CO)[C@@H](O)[C@H](O)[C@H]5O)C(=O)C4(C)C)[C@]3(C)C(=O)C[C@]12C. The number of ether oxygens (including phenoxy) is 2. The lowest BCUT2D eigenvalue weighted by molar-refractivity contribution is -0.311. The molecule has 1 saturated heterocycles. The molecule has 0 aromatic rings. The van der Waals surface area contributed by atoms with Gasteiger partial charge in [0.05, 0.1) is 18.3 Å². The molecule has 0 aromatic heterocycles. The van der Waals surface area contributed by atoms with E-state index in [0.29, 0.717) is 6.42 Å². The zero-order chi connectivity index (χ0) is 36.2. The Bertz CT molecular complexity index is 1390. The van der Waals surface area contributed by atoms with Gasteiger partial charge in [-0.1, -0.05) is 38.5 Å². The molecule has 4 aliphatic carbocycles. The lowest BCUT2D eigenvalue weighted by Gasteiger charge is -2.64. The predicted molar refractivity (Wildman–Crippen MR) is 171 cm³/mol. The highest BCUT2D eigenvalue weighted by Crippen LogP contribution is 2.74. The fraction of sp³-hybridized carbons (Fsp3) is 0.806. The largest absolute Gasteiger partial charge is 0.394 e. The molecule has 0 amide bonds. The van der Waals surface area contributed by atoms with Crippen molar-refractivity contribution in [2.24, 2.45) is 39.4 Å². The monoisotopic (exact) mass is 678 g/mol. The van der Waals surface area contributed by atoms with E-state index in [1.54, 1.807) is 13.8 Å². The van der Waals surface area contributed by atoms with Crippen LogP contribution >= 0.6 is 0 Å². The number of hydrogen-bond acceptors (Lipinski definition) is 12. The number of carbonyl (C=O) groups excluding carboxylic acids is 3. The topological polar surface area (TPSA) is 211 Å². The van der Waals surface area contributed by atoms with Crippen LogP contribution in [0.15, 0.2) is 23.8 Å². The minimum atomic E-state index is -2.04. The smallest absolute Gasteiger partial charge is 0.187 e. The standard InChI is InChI=1S/C36H54O12/c1-31(2,45)12-11-23(39)36(8,46)28-19(38)14-33(5)22-10-9-17-18(35(22,7)24(40)15-34(28,33)6)13-20(29(44)32(17,3)4)47-30-27(43)26(42)25(41)21(16-37)48-30/h9,11-12,18-22,25-28,30,37-38,41-43,45-46H,10,13-16H2,1-8H3/b12-11+/t18-,19-,20+,21-,22+,25-,26+,27-,28+,30-,33+,34-,35+,36+/m1/s1. The Morgan fingerprint density at radius 2 is 1.62 bits per heavy atom. The van der Waals surface area contributed by atoms with Gasteiger partial charge in [-0.3, -0.25) is 14.4 Å². The molecule has 5 rings (SSSR count).